The lowest BCUT2D eigenvalue weighted by molar-refractivity contribution is 0.610. The van der Waals surface area contributed by atoms with Gasteiger partial charge in [0.1, 0.15) is 0 Å². The summed E-state index contributed by atoms with van der Waals surface area (Å²) in [7, 11) is 1.65. The summed E-state index contributed by atoms with van der Waals surface area (Å²) in [5.41, 5.74) is 0.798. The Morgan fingerprint density at radius 1 is 1.18 bits per heavy atom. The molecular formula is C12H14ClNO2S. The minimum absolute atomic E-state index is 0.140. The first kappa shape index (κ1) is 13.9. The van der Waals surface area contributed by atoms with E-state index >= 15 is 0 Å². The Morgan fingerprint density at radius 3 is 2.41 bits per heavy atom. The number of nitrogens with zero attached hydrogens (tertiary/aromatic N) is 1. The van der Waals surface area contributed by atoms with Crippen molar-refractivity contribution in [3.63, 3.8) is 0 Å². The highest BCUT2D eigenvalue weighted by Gasteiger charge is 2.15. The molecule has 17 heavy (non-hydrogen) atoms. The van der Waals surface area contributed by atoms with Crippen LogP contribution < -0.4 is 0 Å². The van der Waals surface area contributed by atoms with Gasteiger partial charge in [0.2, 0.25) is 0 Å². The standard InChI is InChI=1S/C10H8ClNO2S.C2H6/c1-7-5-12-6-8-3-2-4-9(10(7)8)15(11,13)14;1-2/h2-6H,1H3;1-2H3. The van der Waals surface area contributed by atoms with Crippen LogP contribution in [0.25, 0.3) is 10.8 Å². The van der Waals surface area contributed by atoms with Crippen LogP contribution in [0.1, 0.15) is 19.4 Å². The van der Waals surface area contributed by atoms with Gasteiger partial charge in [-0.2, -0.15) is 0 Å². The first-order chi connectivity index (χ1) is 8.00. The van der Waals surface area contributed by atoms with Crippen LogP contribution >= 0.6 is 10.7 Å². The number of benzene rings is 1. The van der Waals surface area contributed by atoms with Gasteiger partial charge in [-0.25, -0.2) is 8.42 Å². The summed E-state index contributed by atoms with van der Waals surface area (Å²) >= 11 is 0. The zero-order valence-corrected chi connectivity index (χ0v) is 11.5. The smallest absolute Gasteiger partial charge is 0.261 e. The van der Waals surface area contributed by atoms with Gasteiger partial charge in [0.15, 0.2) is 0 Å². The van der Waals surface area contributed by atoms with Gasteiger partial charge in [-0.3, -0.25) is 4.98 Å². The van der Waals surface area contributed by atoms with Crippen molar-refractivity contribution in [3.8, 4) is 0 Å². The second-order valence-corrected chi connectivity index (χ2v) is 5.78. The summed E-state index contributed by atoms with van der Waals surface area (Å²) in [5, 5.41) is 1.42. The second-order valence-electron chi connectivity index (χ2n) is 3.25. The van der Waals surface area contributed by atoms with Crippen LogP contribution in [0.4, 0.5) is 0 Å². The Kier molecular flexibility index (Phi) is 4.48. The molecule has 0 aliphatic carbocycles. The van der Waals surface area contributed by atoms with E-state index in [0.717, 1.165) is 10.9 Å². The maximum atomic E-state index is 11.3. The Labute approximate surface area is 106 Å². The first-order valence-corrected chi connectivity index (χ1v) is 7.59. The molecule has 1 aromatic carbocycles. The van der Waals surface area contributed by atoms with Crippen LogP contribution in [-0.2, 0) is 9.05 Å². The Hall–Kier alpha value is -1.13. The summed E-state index contributed by atoms with van der Waals surface area (Å²) in [5.74, 6) is 0. The van der Waals surface area contributed by atoms with Crippen LogP contribution in [0.15, 0.2) is 35.5 Å². The van der Waals surface area contributed by atoms with Crippen LogP contribution in [0.3, 0.4) is 0 Å². The topological polar surface area (TPSA) is 47.0 Å². The van der Waals surface area contributed by atoms with E-state index in [1.807, 2.05) is 13.8 Å². The molecule has 0 radical (unpaired) electrons. The molecule has 1 heterocycles. The van der Waals surface area contributed by atoms with Gasteiger partial charge >= 0.3 is 0 Å². The molecule has 0 saturated carbocycles. The van der Waals surface area contributed by atoms with E-state index in [9.17, 15) is 8.42 Å². The lowest BCUT2D eigenvalue weighted by Gasteiger charge is -2.05. The minimum atomic E-state index is -3.71. The van der Waals surface area contributed by atoms with Gasteiger partial charge in [-0.1, -0.05) is 26.0 Å². The largest absolute Gasteiger partial charge is 0.264 e. The van der Waals surface area contributed by atoms with Crippen molar-refractivity contribution in [2.75, 3.05) is 0 Å². The molecule has 1 aromatic heterocycles. The van der Waals surface area contributed by atoms with E-state index in [4.69, 9.17) is 10.7 Å². The zero-order chi connectivity index (χ0) is 13.1. The fourth-order valence-electron chi connectivity index (χ4n) is 1.57. The summed E-state index contributed by atoms with van der Waals surface area (Å²) < 4.78 is 22.7. The number of hydrogen-bond acceptors (Lipinski definition) is 3. The minimum Gasteiger partial charge on any atom is -0.264 e. The van der Waals surface area contributed by atoms with E-state index < -0.39 is 9.05 Å². The number of fused-ring (bicyclic) bond motifs is 1. The van der Waals surface area contributed by atoms with Gasteiger partial charge in [0.25, 0.3) is 9.05 Å². The third-order valence-corrected chi connectivity index (χ3v) is 3.56. The summed E-state index contributed by atoms with van der Waals surface area (Å²) in [6.07, 6.45) is 3.24. The van der Waals surface area contributed by atoms with Gasteiger partial charge < -0.3 is 0 Å². The molecule has 3 nitrogen and oxygen atoms in total. The molecule has 0 aliphatic rings. The van der Waals surface area contributed by atoms with E-state index in [1.54, 1.807) is 31.5 Å². The lowest BCUT2D eigenvalue weighted by Crippen LogP contribution is -1.94. The van der Waals surface area contributed by atoms with Crippen molar-refractivity contribution < 1.29 is 8.42 Å². The second kappa shape index (κ2) is 5.47. The number of hydrogen-bond donors (Lipinski definition) is 0. The van der Waals surface area contributed by atoms with Gasteiger partial charge in [0.05, 0.1) is 4.90 Å². The predicted octanol–water partition coefficient (Wildman–Crippen LogP) is 3.50. The Morgan fingerprint density at radius 2 is 1.82 bits per heavy atom. The molecule has 0 bridgehead atoms. The third-order valence-electron chi connectivity index (χ3n) is 2.20. The number of aryl methyl sites for hydroxylation is 1. The molecule has 0 fully saturated rings. The maximum absolute atomic E-state index is 11.3. The first-order valence-electron chi connectivity index (χ1n) is 5.28. The van der Waals surface area contributed by atoms with Crippen molar-refractivity contribution >= 4 is 30.5 Å². The van der Waals surface area contributed by atoms with Crippen LogP contribution in [-0.4, -0.2) is 13.4 Å². The average Bonchev–Trinajstić information content (AvgIpc) is 2.30. The van der Waals surface area contributed by atoms with Gasteiger partial charge in [-0.15, -0.1) is 0 Å². The van der Waals surface area contributed by atoms with E-state index in [0.29, 0.717) is 5.39 Å². The fraction of sp³-hybridized carbons (Fsp3) is 0.250. The monoisotopic (exact) mass is 271 g/mol. The van der Waals surface area contributed by atoms with Crippen molar-refractivity contribution in [1.82, 2.24) is 4.98 Å². The van der Waals surface area contributed by atoms with E-state index in [2.05, 4.69) is 4.98 Å². The number of aromatic nitrogens is 1. The zero-order valence-electron chi connectivity index (χ0n) is 9.94. The van der Waals surface area contributed by atoms with Crippen molar-refractivity contribution in [2.45, 2.75) is 25.7 Å². The third kappa shape index (κ3) is 2.96. The number of halogens is 1. The number of pyridine rings is 1. The quantitative estimate of drug-likeness (QED) is 0.746. The predicted molar refractivity (Wildman–Crippen MR) is 70.9 cm³/mol. The van der Waals surface area contributed by atoms with Crippen molar-refractivity contribution in [3.05, 3.63) is 36.2 Å². The SMILES string of the molecule is CC.Cc1cncc2cccc(S(=O)(=O)Cl)c12. The molecule has 2 rings (SSSR count). The van der Waals surface area contributed by atoms with Gasteiger partial charge in [0, 0.05) is 33.8 Å². The summed E-state index contributed by atoms with van der Waals surface area (Å²) in [4.78, 5) is 4.14. The summed E-state index contributed by atoms with van der Waals surface area (Å²) in [6, 6.07) is 4.96. The van der Waals surface area contributed by atoms with Crippen molar-refractivity contribution in [1.29, 1.82) is 0 Å². The molecule has 0 spiro atoms. The maximum Gasteiger partial charge on any atom is 0.261 e. The molecule has 0 amide bonds. The molecule has 0 atom stereocenters. The highest BCUT2D eigenvalue weighted by atomic mass is 35.7. The van der Waals surface area contributed by atoms with Crippen LogP contribution in [0.2, 0.25) is 0 Å². The molecule has 0 aliphatic heterocycles. The Balaban J connectivity index is 0.000000686. The highest BCUT2D eigenvalue weighted by molar-refractivity contribution is 8.14. The Bertz CT molecular complexity index is 618. The molecule has 0 unspecified atom stereocenters. The average molecular weight is 272 g/mol. The molecule has 0 N–H and O–H groups in total. The molecule has 5 heteroatoms. The fourth-order valence-corrected chi connectivity index (χ4v) is 2.72. The van der Waals surface area contributed by atoms with E-state index in [-0.39, 0.29) is 4.90 Å². The van der Waals surface area contributed by atoms with Gasteiger partial charge in [-0.05, 0) is 18.6 Å². The normalized spacial score (nSPS) is 10.8. The van der Waals surface area contributed by atoms with Crippen molar-refractivity contribution in [2.24, 2.45) is 0 Å². The van der Waals surface area contributed by atoms with Crippen LogP contribution in [0.5, 0.6) is 0 Å². The number of rotatable bonds is 1. The van der Waals surface area contributed by atoms with E-state index in [1.165, 1.54) is 6.07 Å². The molecular weight excluding hydrogens is 258 g/mol. The summed E-state index contributed by atoms with van der Waals surface area (Å²) in [6.45, 7) is 5.81. The lowest BCUT2D eigenvalue weighted by atomic mass is 10.1. The van der Waals surface area contributed by atoms with Crippen LogP contribution in [0, 0.1) is 6.92 Å². The molecule has 92 valence electrons. The molecule has 2 aromatic rings. The molecule has 0 saturated heterocycles. The highest BCUT2D eigenvalue weighted by Crippen LogP contribution is 2.27.